The molecule has 2 N–H and O–H groups in total. The zero-order valence-electron chi connectivity index (χ0n) is 18.6. The second kappa shape index (κ2) is 9.06. The summed E-state index contributed by atoms with van der Waals surface area (Å²) in [5.74, 6) is -0.792. The SMILES string of the molecule is CNc1ncc2cc(-c3cc(NC(=O)c4ccnc(C(F)(F)F)c4)ccc3C)c(C(F)(F)F)nc2n1. The van der Waals surface area contributed by atoms with E-state index in [9.17, 15) is 31.1 Å². The van der Waals surface area contributed by atoms with Gasteiger partial charge >= 0.3 is 12.4 Å². The molecule has 0 aliphatic carbocycles. The van der Waals surface area contributed by atoms with Gasteiger partial charge in [0.2, 0.25) is 5.95 Å². The van der Waals surface area contributed by atoms with Crippen molar-refractivity contribution >= 4 is 28.6 Å². The summed E-state index contributed by atoms with van der Waals surface area (Å²) in [4.78, 5) is 27.5. The third-order valence-electron chi connectivity index (χ3n) is 5.16. The molecule has 36 heavy (non-hydrogen) atoms. The Hall–Kier alpha value is -4.29. The predicted octanol–water partition coefficient (Wildman–Crippen LogP) is 5.73. The molecule has 4 aromatic rings. The predicted molar refractivity (Wildman–Crippen MR) is 119 cm³/mol. The molecule has 0 atom stereocenters. The number of hydrogen-bond donors (Lipinski definition) is 2. The van der Waals surface area contributed by atoms with E-state index in [0.717, 1.165) is 12.3 Å². The van der Waals surface area contributed by atoms with Crippen LogP contribution in [0, 0.1) is 6.92 Å². The molecule has 0 saturated heterocycles. The van der Waals surface area contributed by atoms with Crippen LogP contribution in [0.2, 0.25) is 0 Å². The smallest absolute Gasteiger partial charge is 0.357 e. The van der Waals surface area contributed by atoms with Crippen LogP contribution in [0.3, 0.4) is 0 Å². The Morgan fingerprint density at radius 3 is 2.31 bits per heavy atom. The molecule has 0 saturated carbocycles. The molecule has 0 radical (unpaired) electrons. The Bertz CT molecular complexity index is 1470. The fourth-order valence-corrected chi connectivity index (χ4v) is 3.43. The van der Waals surface area contributed by atoms with Gasteiger partial charge in [-0.2, -0.15) is 31.3 Å². The van der Waals surface area contributed by atoms with Gasteiger partial charge in [-0.25, -0.2) is 9.97 Å². The number of nitrogens with zero attached hydrogens (tertiary/aromatic N) is 4. The highest BCUT2D eigenvalue weighted by atomic mass is 19.4. The number of alkyl halides is 6. The summed E-state index contributed by atoms with van der Waals surface area (Å²) in [5, 5.41) is 5.30. The zero-order valence-corrected chi connectivity index (χ0v) is 18.6. The van der Waals surface area contributed by atoms with E-state index in [1.807, 2.05) is 0 Å². The van der Waals surface area contributed by atoms with Crippen LogP contribution in [0.25, 0.3) is 22.2 Å². The van der Waals surface area contributed by atoms with Crippen molar-refractivity contribution in [1.29, 1.82) is 0 Å². The number of amides is 1. The summed E-state index contributed by atoms with van der Waals surface area (Å²) in [6, 6.07) is 7.11. The summed E-state index contributed by atoms with van der Waals surface area (Å²) in [6.07, 6.45) is -7.41. The summed E-state index contributed by atoms with van der Waals surface area (Å²) < 4.78 is 80.6. The molecule has 0 unspecified atom stereocenters. The van der Waals surface area contributed by atoms with E-state index in [2.05, 4.69) is 30.6 Å². The minimum atomic E-state index is -4.83. The second-order valence-corrected chi connectivity index (χ2v) is 7.65. The molecular weight excluding hydrogens is 490 g/mol. The summed E-state index contributed by atoms with van der Waals surface area (Å²) in [6.45, 7) is 1.57. The molecule has 0 bridgehead atoms. The Morgan fingerprint density at radius 1 is 0.889 bits per heavy atom. The van der Waals surface area contributed by atoms with Gasteiger partial charge in [-0.05, 0) is 48.4 Å². The molecule has 13 heteroatoms. The first kappa shape index (κ1) is 24.8. The number of carbonyl (C=O) groups excluding carboxylic acids is 1. The van der Waals surface area contributed by atoms with Crippen LogP contribution in [-0.4, -0.2) is 32.9 Å². The number of fused-ring (bicyclic) bond motifs is 1. The minimum Gasteiger partial charge on any atom is -0.357 e. The van der Waals surface area contributed by atoms with Crippen LogP contribution in [0.5, 0.6) is 0 Å². The number of hydrogen-bond acceptors (Lipinski definition) is 6. The first-order chi connectivity index (χ1) is 16.9. The Labute approximate surface area is 199 Å². The molecule has 3 heterocycles. The van der Waals surface area contributed by atoms with E-state index in [-0.39, 0.29) is 39.4 Å². The molecule has 186 valence electrons. The number of anilines is 2. The summed E-state index contributed by atoms with van der Waals surface area (Å²) >= 11 is 0. The molecule has 4 rings (SSSR count). The fourth-order valence-electron chi connectivity index (χ4n) is 3.43. The quantitative estimate of drug-likeness (QED) is 0.344. The van der Waals surface area contributed by atoms with Gasteiger partial charge in [0.25, 0.3) is 5.91 Å². The number of halogens is 6. The van der Waals surface area contributed by atoms with Crippen LogP contribution in [-0.2, 0) is 12.4 Å². The number of aryl methyl sites for hydroxylation is 1. The van der Waals surface area contributed by atoms with Gasteiger partial charge in [-0.15, -0.1) is 0 Å². The Balaban J connectivity index is 1.77. The lowest BCUT2D eigenvalue weighted by molar-refractivity contribution is -0.141. The number of aromatic nitrogens is 4. The number of nitrogens with one attached hydrogen (secondary N) is 2. The highest BCUT2D eigenvalue weighted by Gasteiger charge is 2.37. The number of carbonyl (C=O) groups is 1. The molecule has 0 aliphatic heterocycles. The number of rotatable bonds is 4. The van der Waals surface area contributed by atoms with Gasteiger partial charge in [0.15, 0.2) is 11.3 Å². The maximum absolute atomic E-state index is 14.0. The van der Waals surface area contributed by atoms with Crippen LogP contribution in [0.15, 0.2) is 48.8 Å². The first-order valence-electron chi connectivity index (χ1n) is 10.2. The van der Waals surface area contributed by atoms with Gasteiger partial charge in [0.1, 0.15) is 5.69 Å². The van der Waals surface area contributed by atoms with Gasteiger partial charge in [-0.1, -0.05) is 6.07 Å². The van der Waals surface area contributed by atoms with Crippen molar-refractivity contribution in [2.45, 2.75) is 19.3 Å². The maximum Gasteiger partial charge on any atom is 0.434 e. The molecule has 1 amide bonds. The Morgan fingerprint density at radius 2 is 1.64 bits per heavy atom. The first-order valence-corrected chi connectivity index (χ1v) is 10.2. The van der Waals surface area contributed by atoms with E-state index in [1.165, 1.54) is 37.5 Å². The normalized spacial score (nSPS) is 12.0. The summed E-state index contributed by atoms with van der Waals surface area (Å²) in [5.41, 5.74) is -2.57. The van der Waals surface area contributed by atoms with Gasteiger partial charge in [0, 0.05) is 41.6 Å². The topological polar surface area (TPSA) is 92.7 Å². The molecule has 0 aliphatic rings. The van der Waals surface area contributed by atoms with E-state index < -0.39 is 29.6 Å². The molecule has 7 nitrogen and oxygen atoms in total. The van der Waals surface area contributed by atoms with Crippen molar-refractivity contribution in [3.63, 3.8) is 0 Å². The number of pyridine rings is 2. The molecule has 0 spiro atoms. The van der Waals surface area contributed by atoms with Gasteiger partial charge in [0.05, 0.1) is 0 Å². The average Bonchev–Trinajstić information content (AvgIpc) is 2.83. The lowest BCUT2D eigenvalue weighted by atomic mass is 9.97. The zero-order chi connectivity index (χ0) is 26.3. The third kappa shape index (κ3) is 5.04. The van der Waals surface area contributed by atoms with Crippen molar-refractivity contribution in [1.82, 2.24) is 19.9 Å². The van der Waals surface area contributed by atoms with Gasteiger partial charge in [-0.3, -0.25) is 9.78 Å². The average molecular weight is 506 g/mol. The molecule has 1 aromatic carbocycles. The van der Waals surface area contributed by atoms with Crippen molar-refractivity contribution < 1.29 is 31.1 Å². The van der Waals surface area contributed by atoms with Gasteiger partial charge < -0.3 is 10.6 Å². The second-order valence-electron chi connectivity index (χ2n) is 7.65. The monoisotopic (exact) mass is 506 g/mol. The third-order valence-corrected chi connectivity index (χ3v) is 5.16. The van der Waals surface area contributed by atoms with E-state index in [1.54, 1.807) is 6.92 Å². The van der Waals surface area contributed by atoms with E-state index >= 15 is 0 Å². The van der Waals surface area contributed by atoms with Crippen molar-refractivity contribution in [2.75, 3.05) is 17.7 Å². The maximum atomic E-state index is 14.0. The Kier molecular flexibility index (Phi) is 6.24. The molecule has 0 fully saturated rings. The summed E-state index contributed by atoms with van der Waals surface area (Å²) in [7, 11) is 1.51. The standard InChI is InChI=1S/C23H16F6N6O/c1-11-3-4-14(33-20(36)12-5-6-31-17(8-12)22(24,25)26)9-15(11)16-7-13-10-32-21(30-2)35-19(13)34-18(16)23(27,28)29/h3-10H,1-2H3,(H,33,36)(H,30,32,34,35). The lowest BCUT2D eigenvalue weighted by Gasteiger charge is -2.16. The van der Waals surface area contributed by atoms with Crippen LogP contribution in [0.1, 0.15) is 27.3 Å². The van der Waals surface area contributed by atoms with E-state index in [4.69, 9.17) is 0 Å². The highest BCUT2D eigenvalue weighted by Crippen LogP contribution is 2.39. The molecular formula is C23H16F6N6O. The van der Waals surface area contributed by atoms with Crippen LogP contribution >= 0.6 is 0 Å². The lowest BCUT2D eigenvalue weighted by Crippen LogP contribution is -2.15. The van der Waals surface area contributed by atoms with Crippen molar-refractivity contribution in [3.05, 3.63) is 71.3 Å². The highest BCUT2D eigenvalue weighted by molar-refractivity contribution is 6.04. The van der Waals surface area contributed by atoms with Crippen molar-refractivity contribution in [3.8, 4) is 11.1 Å². The molecule has 3 aromatic heterocycles. The van der Waals surface area contributed by atoms with Crippen LogP contribution in [0.4, 0.5) is 38.0 Å². The minimum absolute atomic E-state index is 0.0703. The fraction of sp³-hybridized carbons (Fsp3) is 0.174. The van der Waals surface area contributed by atoms with Crippen molar-refractivity contribution in [2.24, 2.45) is 0 Å². The van der Waals surface area contributed by atoms with E-state index in [0.29, 0.717) is 11.6 Å². The van der Waals surface area contributed by atoms with Crippen LogP contribution < -0.4 is 10.6 Å². The largest absolute Gasteiger partial charge is 0.434 e. The number of benzene rings is 1.